The molecule has 80 valence electrons. The van der Waals surface area contributed by atoms with Crippen molar-refractivity contribution >= 4 is 0 Å². The Bertz CT molecular complexity index is 223. The zero-order chi connectivity index (χ0) is 11.0. The molecule has 14 heavy (non-hydrogen) atoms. The van der Waals surface area contributed by atoms with Gasteiger partial charge in [0, 0.05) is 6.54 Å². The van der Waals surface area contributed by atoms with Crippen molar-refractivity contribution in [2.75, 3.05) is 13.6 Å². The third-order valence-corrected chi connectivity index (χ3v) is 2.19. The van der Waals surface area contributed by atoms with E-state index in [1.165, 1.54) is 11.1 Å². The van der Waals surface area contributed by atoms with E-state index >= 15 is 0 Å². The van der Waals surface area contributed by atoms with E-state index in [1.807, 2.05) is 7.05 Å². The van der Waals surface area contributed by atoms with Crippen LogP contribution in [-0.2, 0) is 0 Å². The van der Waals surface area contributed by atoms with Gasteiger partial charge in [0.05, 0.1) is 0 Å². The van der Waals surface area contributed by atoms with Crippen molar-refractivity contribution in [3.8, 4) is 0 Å². The van der Waals surface area contributed by atoms with Crippen LogP contribution in [-0.4, -0.2) is 13.6 Å². The first kappa shape index (κ1) is 13.2. The highest BCUT2D eigenvalue weighted by Crippen LogP contribution is 2.12. The second-order valence-electron chi connectivity index (χ2n) is 3.81. The molecule has 0 spiro atoms. The smallest absolute Gasteiger partial charge is 0.00143 e. The van der Waals surface area contributed by atoms with Gasteiger partial charge in [-0.05, 0) is 38.8 Å². The van der Waals surface area contributed by atoms with Gasteiger partial charge in [-0.25, -0.2) is 0 Å². The predicted octanol–water partition coefficient (Wildman–Crippen LogP) is 3.31. The van der Waals surface area contributed by atoms with E-state index in [0.29, 0.717) is 5.92 Å². The highest BCUT2D eigenvalue weighted by atomic mass is 14.8. The van der Waals surface area contributed by atoms with E-state index in [9.17, 15) is 0 Å². The van der Waals surface area contributed by atoms with Crippen molar-refractivity contribution in [1.82, 2.24) is 5.32 Å². The molecule has 0 saturated heterocycles. The fourth-order valence-electron chi connectivity index (χ4n) is 1.37. The monoisotopic (exact) mass is 193 g/mol. The predicted molar refractivity (Wildman–Crippen MR) is 65.4 cm³/mol. The molecule has 0 fully saturated rings. The van der Waals surface area contributed by atoms with Crippen LogP contribution in [0.5, 0.6) is 0 Å². The lowest BCUT2D eigenvalue weighted by Gasteiger charge is -2.11. The molecule has 1 atom stereocenters. The maximum atomic E-state index is 3.88. The number of hydrogen-bond donors (Lipinski definition) is 1. The molecule has 0 aromatic carbocycles. The average Bonchev–Trinajstić information content (AvgIpc) is 2.12. The topological polar surface area (TPSA) is 12.0 Å². The van der Waals surface area contributed by atoms with E-state index in [1.54, 1.807) is 0 Å². The lowest BCUT2D eigenvalue weighted by Crippen LogP contribution is -2.17. The number of allylic oxidation sites excluding steroid dienone is 4. The summed E-state index contributed by atoms with van der Waals surface area (Å²) in [6, 6.07) is 0. The molecule has 0 aliphatic carbocycles. The SMILES string of the molecule is C=C(C)C/C=C\C(=C/C)C(C)CNC. The maximum Gasteiger partial charge on any atom is 0.00143 e. The van der Waals surface area contributed by atoms with Crippen LogP contribution in [0.15, 0.2) is 36.0 Å². The average molecular weight is 193 g/mol. The van der Waals surface area contributed by atoms with Gasteiger partial charge >= 0.3 is 0 Å². The molecule has 0 rings (SSSR count). The van der Waals surface area contributed by atoms with Crippen molar-refractivity contribution in [3.63, 3.8) is 0 Å². The summed E-state index contributed by atoms with van der Waals surface area (Å²) in [5.74, 6) is 0.575. The molecular weight excluding hydrogens is 170 g/mol. The fraction of sp³-hybridized carbons (Fsp3) is 0.538. The quantitative estimate of drug-likeness (QED) is 0.504. The molecule has 0 aliphatic rings. The second-order valence-corrected chi connectivity index (χ2v) is 3.81. The molecule has 1 N–H and O–H groups in total. The molecule has 0 aliphatic heterocycles. The summed E-state index contributed by atoms with van der Waals surface area (Å²) in [6.45, 7) is 11.3. The third kappa shape index (κ3) is 5.76. The van der Waals surface area contributed by atoms with Gasteiger partial charge in [-0.3, -0.25) is 0 Å². The van der Waals surface area contributed by atoms with E-state index in [4.69, 9.17) is 0 Å². The van der Waals surface area contributed by atoms with Gasteiger partial charge in [0.1, 0.15) is 0 Å². The zero-order valence-corrected chi connectivity index (χ0v) is 9.93. The van der Waals surface area contributed by atoms with Crippen LogP contribution in [0, 0.1) is 5.92 Å². The van der Waals surface area contributed by atoms with Crippen LogP contribution < -0.4 is 5.32 Å². The number of hydrogen-bond acceptors (Lipinski definition) is 1. The van der Waals surface area contributed by atoms with E-state index < -0.39 is 0 Å². The molecule has 0 saturated carbocycles. The van der Waals surface area contributed by atoms with Crippen LogP contribution in [0.4, 0.5) is 0 Å². The Labute approximate surface area is 88.6 Å². The van der Waals surface area contributed by atoms with Gasteiger partial charge in [0.25, 0.3) is 0 Å². The van der Waals surface area contributed by atoms with E-state index in [2.05, 4.69) is 50.9 Å². The molecule has 0 heterocycles. The van der Waals surface area contributed by atoms with Crippen molar-refractivity contribution in [2.24, 2.45) is 5.92 Å². The largest absolute Gasteiger partial charge is 0.319 e. The Morgan fingerprint density at radius 1 is 1.50 bits per heavy atom. The minimum Gasteiger partial charge on any atom is -0.319 e. The molecule has 0 radical (unpaired) electrons. The Morgan fingerprint density at radius 3 is 2.57 bits per heavy atom. The molecule has 0 aromatic heterocycles. The molecule has 0 aromatic rings. The second kappa shape index (κ2) is 7.57. The summed E-state index contributed by atoms with van der Waals surface area (Å²) in [5.41, 5.74) is 2.60. The van der Waals surface area contributed by atoms with Gasteiger partial charge in [-0.15, -0.1) is 0 Å². The maximum absolute atomic E-state index is 3.88. The van der Waals surface area contributed by atoms with Crippen LogP contribution in [0.2, 0.25) is 0 Å². The lowest BCUT2D eigenvalue weighted by molar-refractivity contribution is 0.629. The fourth-order valence-corrected chi connectivity index (χ4v) is 1.37. The van der Waals surface area contributed by atoms with Gasteiger partial charge in [0.2, 0.25) is 0 Å². The molecule has 1 heteroatoms. The standard InChI is InChI=1S/C13H23N/c1-6-13(12(4)10-14-5)9-7-8-11(2)3/h6-7,9,12,14H,2,8,10H2,1,3-5H3/b9-7-,13-6+. The lowest BCUT2D eigenvalue weighted by atomic mass is 10.00. The van der Waals surface area contributed by atoms with Crippen LogP contribution in [0.25, 0.3) is 0 Å². The van der Waals surface area contributed by atoms with Crippen molar-refractivity contribution in [2.45, 2.75) is 27.2 Å². The van der Waals surface area contributed by atoms with Crippen molar-refractivity contribution in [3.05, 3.63) is 36.0 Å². The Balaban J connectivity index is 4.16. The Kier molecular flexibility index (Phi) is 7.13. The summed E-state index contributed by atoms with van der Waals surface area (Å²) in [4.78, 5) is 0. The van der Waals surface area contributed by atoms with Gasteiger partial charge in [-0.2, -0.15) is 0 Å². The number of nitrogens with one attached hydrogen (secondary N) is 1. The third-order valence-electron chi connectivity index (χ3n) is 2.19. The van der Waals surface area contributed by atoms with Gasteiger partial charge in [-0.1, -0.05) is 37.3 Å². The van der Waals surface area contributed by atoms with Crippen molar-refractivity contribution < 1.29 is 0 Å². The first-order chi connectivity index (χ1) is 6.61. The van der Waals surface area contributed by atoms with Crippen molar-refractivity contribution in [1.29, 1.82) is 0 Å². The van der Waals surface area contributed by atoms with E-state index in [0.717, 1.165) is 13.0 Å². The molecular formula is C13H23N. The Hall–Kier alpha value is -0.820. The summed E-state index contributed by atoms with van der Waals surface area (Å²) >= 11 is 0. The molecule has 1 unspecified atom stereocenters. The minimum atomic E-state index is 0.575. The van der Waals surface area contributed by atoms with Crippen LogP contribution in [0.3, 0.4) is 0 Å². The highest BCUT2D eigenvalue weighted by Gasteiger charge is 2.02. The molecule has 0 amide bonds. The van der Waals surface area contributed by atoms with Crippen LogP contribution in [0.1, 0.15) is 27.2 Å². The summed E-state index contributed by atoms with van der Waals surface area (Å²) in [7, 11) is 1.99. The summed E-state index contributed by atoms with van der Waals surface area (Å²) in [6.07, 6.45) is 7.54. The minimum absolute atomic E-state index is 0.575. The van der Waals surface area contributed by atoms with Crippen LogP contribution >= 0.6 is 0 Å². The molecule has 0 bridgehead atoms. The first-order valence-corrected chi connectivity index (χ1v) is 5.23. The molecule has 1 nitrogen and oxygen atoms in total. The summed E-state index contributed by atoms with van der Waals surface area (Å²) in [5, 5.41) is 3.19. The normalized spacial score (nSPS) is 14.7. The highest BCUT2D eigenvalue weighted by molar-refractivity contribution is 5.21. The van der Waals surface area contributed by atoms with Gasteiger partial charge < -0.3 is 5.32 Å². The number of rotatable bonds is 6. The zero-order valence-electron chi connectivity index (χ0n) is 9.93. The first-order valence-electron chi connectivity index (χ1n) is 5.23. The van der Waals surface area contributed by atoms with E-state index in [-0.39, 0.29) is 0 Å². The summed E-state index contributed by atoms with van der Waals surface area (Å²) < 4.78 is 0. The Morgan fingerprint density at radius 2 is 2.14 bits per heavy atom. The van der Waals surface area contributed by atoms with Gasteiger partial charge in [0.15, 0.2) is 0 Å².